The van der Waals surface area contributed by atoms with Gasteiger partial charge in [0, 0.05) is 0 Å². The Labute approximate surface area is 87.0 Å². The molecular weight excluding hydrogens is 194 g/mol. The number of anilines is 1. The van der Waals surface area contributed by atoms with Crippen LogP contribution in [0, 0.1) is 12.3 Å². The third-order valence-corrected chi connectivity index (χ3v) is 2.50. The van der Waals surface area contributed by atoms with Gasteiger partial charge in [-0.25, -0.2) is 4.99 Å². The maximum Gasteiger partial charge on any atom is 0.181 e. The summed E-state index contributed by atoms with van der Waals surface area (Å²) >= 11 is 1.50. The smallest absolute Gasteiger partial charge is 0.181 e. The molecule has 0 aliphatic carbocycles. The maximum absolute atomic E-state index is 5.17. The van der Waals surface area contributed by atoms with E-state index in [-0.39, 0.29) is 0 Å². The monoisotopic (exact) mass is 203 g/mol. The molecule has 3 nitrogen and oxygen atoms in total. The molecule has 1 aliphatic heterocycles. The summed E-state index contributed by atoms with van der Waals surface area (Å²) in [7, 11) is 0. The number of hydrogen-bond donors (Lipinski definition) is 2. The topological polar surface area (TPSA) is 36.4 Å². The minimum absolute atomic E-state index is 0.621. The summed E-state index contributed by atoms with van der Waals surface area (Å²) < 4.78 is 0. The number of fused-ring (bicyclic) bond motifs is 1. The van der Waals surface area contributed by atoms with Crippen LogP contribution in [0.25, 0.3) is 0 Å². The van der Waals surface area contributed by atoms with E-state index in [0.29, 0.717) is 5.75 Å². The van der Waals surface area contributed by atoms with E-state index in [2.05, 4.69) is 21.8 Å². The highest BCUT2D eigenvalue weighted by Gasteiger charge is 2.08. The summed E-state index contributed by atoms with van der Waals surface area (Å²) in [4.78, 5) is 4.39. The van der Waals surface area contributed by atoms with E-state index in [4.69, 9.17) is 6.42 Å². The molecule has 1 aromatic carbocycles. The molecule has 14 heavy (non-hydrogen) atoms. The van der Waals surface area contributed by atoms with Gasteiger partial charge in [0.05, 0.1) is 17.1 Å². The Morgan fingerprint density at radius 3 is 3.07 bits per heavy atom. The Hall–Kier alpha value is -1.60. The van der Waals surface area contributed by atoms with E-state index in [9.17, 15) is 0 Å². The minimum atomic E-state index is 0.621. The summed E-state index contributed by atoms with van der Waals surface area (Å²) in [5.41, 5.74) is 7.95. The molecule has 0 radical (unpaired) electrons. The Balaban J connectivity index is 2.19. The predicted octanol–water partition coefficient (Wildman–Crippen LogP) is 1.97. The number of terminal acetylenes is 1. The minimum Gasteiger partial charge on any atom is -0.297 e. The second-order valence-electron chi connectivity index (χ2n) is 2.68. The first-order valence-electron chi connectivity index (χ1n) is 4.16. The molecule has 1 heterocycles. The third-order valence-electron chi connectivity index (χ3n) is 1.72. The molecule has 0 bridgehead atoms. The normalized spacial score (nSPS) is 12.9. The van der Waals surface area contributed by atoms with Crippen molar-refractivity contribution in [2.45, 2.75) is 0 Å². The van der Waals surface area contributed by atoms with Crippen molar-refractivity contribution in [3.05, 3.63) is 24.3 Å². The van der Waals surface area contributed by atoms with Gasteiger partial charge in [0.15, 0.2) is 5.17 Å². The van der Waals surface area contributed by atoms with E-state index in [1.54, 1.807) is 0 Å². The molecule has 4 heteroatoms. The largest absolute Gasteiger partial charge is 0.297 e. The molecular formula is C10H9N3S. The number of nitrogens with one attached hydrogen (secondary N) is 2. The van der Waals surface area contributed by atoms with Gasteiger partial charge < -0.3 is 0 Å². The second-order valence-corrected chi connectivity index (χ2v) is 3.64. The molecule has 0 aromatic heterocycles. The van der Waals surface area contributed by atoms with Crippen molar-refractivity contribution < 1.29 is 0 Å². The standard InChI is InChI=1S/C10H9N3S/c1-2-7-14-10-11-8-5-3-4-6-9(8)12-13-10/h1,3-6,12H,7H2,(H,11,13). The number of thioether (sulfide) groups is 1. The van der Waals surface area contributed by atoms with E-state index >= 15 is 0 Å². The lowest BCUT2D eigenvalue weighted by Crippen LogP contribution is -2.29. The average molecular weight is 203 g/mol. The van der Waals surface area contributed by atoms with Crippen LogP contribution in [-0.2, 0) is 0 Å². The quantitative estimate of drug-likeness (QED) is 0.685. The molecule has 0 unspecified atom stereocenters. The molecule has 0 saturated heterocycles. The van der Waals surface area contributed by atoms with Crippen LogP contribution in [-0.4, -0.2) is 10.9 Å². The van der Waals surface area contributed by atoms with Gasteiger partial charge in [0.2, 0.25) is 0 Å². The summed E-state index contributed by atoms with van der Waals surface area (Å²) in [5.74, 6) is 3.17. The molecule has 0 atom stereocenters. The van der Waals surface area contributed by atoms with Crippen molar-refractivity contribution >= 4 is 28.3 Å². The van der Waals surface area contributed by atoms with Crippen molar-refractivity contribution in [2.75, 3.05) is 11.2 Å². The number of aliphatic imine (C=N–C) groups is 1. The van der Waals surface area contributed by atoms with Crippen LogP contribution in [0.1, 0.15) is 0 Å². The SMILES string of the molecule is C#CCSC1=Nc2ccccc2NN1. The highest BCUT2D eigenvalue weighted by atomic mass is 32.2. The summed E-state index contributed by atoms with van der Waals surface area (Å²) in [6.45, 7) is 0. The number of hydrazine groups is 1. The van der Waals surface area contributed by atoms with Crippen LogP contribution >= 0.6 is 11.8 Å². The highest BCUT2D eigenvalue weighted by Crippen LogP contribution is 2.27. The van der Waals surface area contributed by atoms with Gasteiger partial charge in [-0.3, -0.25) is 10.9 Å². The van der Waals surface area contributed by atoms with Gasteiger partial charge in [-0.05, 0) is 12.1 Å². The molecule has 0 fully saturated rings. The zero-order valence-corrected chi connectivity index (χ0v) is 8.27. The van der Waals surface area contributed by atoms with Gasteiger partial charge in [0.25, 0.3) is 0 Å². The first-order valence-corrected chi connectivity index (χ1v) is 5.15. The molecule has 0 saturated carbocycles. The Bertz CT molecular complexity index is 406. The lowest BCUT2D eigenvalue weighted by molar-refractivity contribution is 1.11. The van der Waals surface area contributed by atoms with Gasteiger partial charge >= 0.3 is 0 Å². The van der Waals surface area contributed by atoms with Crippen molar-refractivity contribution in [1.82, 2.24) is 5.43 Å². The van der Waals surface area contributed by atoms with E-state index in [1.165, 1.54) is 11.8 Å². The highest BCUT2D eigenvalue weighted by molar-refractivity contribution is 8.14. The van der Waals surface area contributed by atoms with Crippen LogP contribution in [0.2, 0.25) is 0 Å². The van der Waals surface area contributed by atoms with E-state index < -0.39 is 0 Å². The Morgan fingerprint density at radius 1 is 1.36 bits per heavy atom. The predicted molar refractivity (Wildman–Crippen MR) is 61.6 cm³/mol. The number of rotatable bonds is 1. The number of hydrogen-bond acceptors (Lipinski definition) is 4. The molecule has 2 rings (SSSR count). The van der Waals surface area contributed by atoms with E-state index in [0.717, 1.165) is 16.5 Å². The lowest BCUT2D eigenvalue weighted by atomic mass is 10.3. The third kappa shape index (κ3) is 1.83. The molecule has 70 valence electrons. The van der Waals surface area contributed by atoms with Crippen LogP contribution in [0.15, 0.2) is 29.3 Å². The van der Waals surface area contributed by atoms with Crippen molar-refractivity contribution in [3.63, 3.8) is 0 Å². The number of benzene rings is 1. The molecule has 0 amide bonds. The maximum atomic E-state index is 5.17. The van der Waals surface area contributed by atoms with Gasteiger partial charge in [-0.2, -0.15) is 0 Å². The summed E-state index contributed by atoms with van der Waals surface area (Å²) in [6, 6.07) is 7.84. The first-order chi connectivity index (χ1) is 6.90. The van der Waals surface area contributed by atoms with Crippen LogP contribution < -0.4 is 10.9 Å². The molecule has 0 spiro atoms. The van der Waals surface area contributed by atoms with Crippen molar-refractivity contribution in [3.8, 4) is 12.3 Å². The number of nitrogens with zero attached hydrogens (tertiary/aromatic N) is 1. The molecule has 2 N–H and O–H groups in total. The summed E-state index contributed by atoms with van der Waals surface area (Å²) in [5, 5.41) is 0.807. The number of amidine groups is 1. The Kier molecular flexibility index (Phi) is 2.61. The van der Waals surface area contributed by atoms with Gasteiger partial charge in [0.1, 0.15) is 0 Å². The Morgan fingerprint density at radius 2 is 2.21 bits per heavy atom. The fourth-order valence-corrected chi connectivity index (χ4v) is 1.62. The van der Waals surface area contributed by atoms with Crippen LogP contribution in [0.5, 0.6) is 0 Å². The van der Waals surface area contributed by atoms with E-state index in [1.807, 2.05) is 24.3 Å². The molecule has 1 aliphatic rings. The van der Waals surface area contributed by atoms with Gasteiger partial charge in [-0.15, -0.1) is 6.42 Å². The lowest BCUT2D eigenvalue weighted by Gasteiger charge is -2.17. The fourth-order valence-electron chi connectivity index (χ4n) is 1.11. The summed E-state index contributed by atoms with van der Waals surface area (Å²) in [6.07, 6.45) is 5.17. The van der Waals surface area contributed by atoms with Gasteiger partial charge in [-0.1, -0.05) is 29.8 Å². The second kappa shape index (κ2) is 4.07. The zero-order valence-electron chi connectivity index (χ0n) is 7.45. The number of para-hydroxylation sites is 2. The fraction of sp³-hybridized carbons (Fsp3) is 0.100. The van der Waals surface area contributed by atoms with Crippen molar-refractivity contribution in [2.24, 2.45) is 4.99 Å². The average Bonchev–Trinajstić information content (AvgIpc) is 2.26. The zero-order chi connectivity index (χ0) is 9.80. The van der Waals surface area contributed by atoms with Crippen molar-refractivity contribution in [1.29, 1.82) is 0 Å². The van der Waals surface area contributed by atoms with Crippen LogP contribution in [0.3, 0.4) is 0 Å². The van der Waals surface area contributed by atoms with Crippen LogP contribution in [0.4, 0.5) is 11.4 Å². The first kappa shape index (κ1) is 8.97. The molecule has 1 aromatic rings.